The highest BCUT2D eigenvalue weighted by atomic mass is 16.4. The molecule has 0 aromatic carbocycles. The molecule has 0 aromatic rings. The summed E-state index contributed by atoms with van der Waals surface area (Å²) in [5, 5.41) is 9.10. The monoisotopic (exact) mass is 268 g/mol. The molecule has 0 unspecified atom stereocenters. The van der Waals surface area contributed by atoms with Gasteiger partial charge < -0.3 is 15.7 Å². The number of amides is 1. The molecule has 0 spiro atoms. The fourth-order valence-corrected chi connectivity index (χ4v) is 4.17. The van der Waals surface area contributed by atoms with Gasteiger partial charge in [-0.25, -0.2) is 4.79 Å². The Morgan fingerprint density at radius 2 is 1.84 bits per heavy atom. The largest absolute Gasteiger partial charge is 0.465 e. The molecule has 110 valence electrons. The fourth-order valence-electron chi connectivity index (χ4n) is 4.17. The first-order valence-corrected chi connectivity index (χ1v) is 7.86. The molecule has 1 aliphatic heterocycles. The van der Waals surface area contributed by atoms with Gasteiger partial charge in [-0.05, 0) is 56.4 Å². The Morgan fingerprint density at radius 3 is 2.37 bits per heavy atom. The lowest BCUT2D eigenvalue weighted by Gasteiger charge is -2.48. The molecule has 1 saturated carbocycles. The number of piperidine rings is 1. The molecule has 1 amide bonds. The third-order valence-electron chi connectivity index (χ3n) is 5.38. The van der Waals surface area contributed by atoms with E-state index >= 15 is 0 Å². The van der Waals surface area contributed by atoms with E-state index in [0.29, 0.717) is 5.41 Å². The summed E-state index contributed by atoms with van der Waals surface area (Å²) in [6.07, 6.45) is 10.4. The quantitative estimate of drug-likeness (QED) is 0.823. The summed E-state index contributed by atoms with van der Waals surface area (Å²) in [7, 11) is 0. The predicted octanol–water partition coefficient (Wildman–Crippen LogP) is 3.07. The maximum absolute atomic E-state index is 11.1. The Bertz CT molecular complexity index is 293. The van der Waals surface area contributed by atoms with E-state index in [1.165, 1.54) is 38.5 Å². The minimum Gasteiger partial charge on any atom is -0.465 e. The van der Waals surface area contributed by atoms with Crippen LogP contribution < -0.4 is 5.73 Å². The van der Waals surface area contributed by atoms with Crippen molar-refractivity contribution in [3.63, 3.8) is 0 Å². The molecule has 3 N–H and O–H groups in total. The lowest BCUT2D eigenvalue weighted by molar-refractivity contribution is 0.0233. The van der Waals surface area contributed by atoms with Gasteiger partial charge >= 0.3 is 6.09 Å². The predicted molar refractivity (Wildman–Crippen MR) is 76.1 cm³/mol. The van der Waals surface area contributed by atoms with Crippen LogP contribution in [0.15, 0.2) is 0 Å². The summed E-state index contributed by atoms with van der Waals surface area (Å²) < 4.78 is 0. The summed E-state index contributed by atoms with van der Waals surface area (Å²) in [5.41, 5.74) is 6.09. The standard InChI is InChI=1S/C15H28N2O2/c16-10-4-7-15(13-5-2-1-3-6-13)8-11-17(12-9-15)14(18)19/h13H,1-12,16H2,(H,18,19). The summed E-state index contributed by atoms with van der Waals surface area (Å²) in [4.78, 5) is 12.6. The van der Waals surface area contributed by atoms with Crippen molar-refractivity contribution >= 4 is 6.09 Å². The number of rotatable bonds is 4. The third kappa shape index (κ3) is 3.41. The molecular formula is C15H28N2O2. The van der Waals surface area contributed by atoms with Gasteiger partial charge in [0.25, 0.3) is 0 Å². The average Bonchev–Trinajstić information content (AvgIpc) is 2.46. The zero-order valence-corrected chi connectivity index (χ0v) is 11.9. The van der Waals surface area contributed by atoms with Crippen molar-refractivity contribution in [1.82, 2.24) is 4.90 Å². The van der Waals surface area contributed by atoms with Crippen molar-refractivity contribution in [1.29, 1.82) is 0 Å². The molecule has 0 aromatic heterocycles. The number of nitrogens with two attached hydrogens (primary N) is 1. The van der Waals surface area contributed by atoms with E-state index in [-0.39, 0.29) is 0 Å². The number of carboxylic acid groups (broad SMARTS) is 1. The van der Waals surface area contributed by atoms with Crippen molar-refractivity contribution in [2.45, 2.75) is 57.8 Å². The van der Waals surface area contributed by atoms with Gasteiger partial charge in [-0.2, -0.15) is 0 Å². The van der Waals surface area contributed by atoms with Crippen molar-refractivity contribution in [3.05, 3.63) is 0 Å². The number of nitrogens with zero attached hydrogens (tertiary/aromatic N) is 1. The lowest BCUT2D eigenvalue weighted by Crippen LogP contribution is -2.46. The van der Waals surface area contributed by atoms with E-state index in [9.17, 15) is 4.79 Å². The number of carbonyl (C=O) groups is 1. The maximum atomic E-state index is 11.1. The molecule has 1 saturated heterocycles. The Balaban J connectivity index is 2.01. The van der Waals surface area contributed by atoms with E-state index in [1.54, 1.807) is 4.90 Å². The molecule has 2 fully saturated rings. The molecule has 2 rings (SSSR count). The molecule has 0 radical (unpaired) electrons. The highest BCUT2D eigenvalue weighted by Gasteiger charge is 2.41. The van der Waals surface area contributed by atoms with E-state index in [2.05, 4.69) is 0 Å². The molecule has 4 nitrogen and oxygen atoms in total. The zero-order chi connectivity index (χ0) is 13.7. The van der Waals surface area contributed by atoms with E-state index in [0.717, 1.165) is 44.8 Å². The van der Waals surface area contributed by atoms with E-state index in [1.807, 2.05) is 0 Å². The summed E-state index contributed by atoms with van der Waals surface area (Å²) in [6.45, 7) is 2.20. The summed E-state index contributed by atoms with van der Waals surface area (Å²) >= 11 is 0. The van der Waals surface area contributed by atoms with Gasteiger partial charge in [-0.15, -0.1) is 0 Å². The van der Waals surface area contributed by atoms with Crippen molar-refractivity contribution in [2.75, 3.05) is 19.6 Å². The van der Waals surface area contributed by atoms with Gasteiger partial charge in [0.1, 0.15) is 0 Å². The van der Waals surface area contributed by atoms with Crippen molar-refractivity contribution < 1.29 is 9.90 Å². The molecule has 0 bridgehead atoms. The van der Waals surface area contributed by atoms with Crippen LogP contribution in [0.4, 0.5) is 4.79 Å². The molecular weight excluding hydrogens is 240 g/mol. The van der Waals surface area contributed by atoms with Crippen LogP contribution in [0.25, 0.3) is 0 Å². The minimum atomic E-state index is -0.754. The third-order valence-corrected chi connectivity index (χ3v) is 5.38. The van der Waals surface area contributed by atoms with Crippen LogP contribution in [0.2, 0.25) is 0 Å². The molecule has 0 atom stereocenters. The average molecular weight is 268 g/mol. The van der Waals surface area contributed by atoms with Crippen molar-refractivity contribution in [3.8, 4) is 0 Å². The second kappa shape index (κ2) is 6.60. The van der Waals surface area contributed by atoms with Gasteiger partial charge in [0, 0.05) is 13.1 Å². The second-order valence-corrected chi connectivity index (χ2v) is 6.36. The van der Waals surface area contributed by atoms with Crippen LogP contribution in [0.1, 0.15) is 57.8 Å². The first kappa shape index (κ1) is 14.6. The van der Waals surface area contributed by atoms with Crippen molar-refractivity contribution in [2.24, 2.45) is 17.1 Å². The van der Waals surface area contributed by atoms with Gasteiger partial charge in [-0.1, -0.05) is 19.3 Å². The molecule has 19 heavy (non-hydrogen) atoms. The Morgan fingerprint density at radius 1 is 1.21 bits per heavy atom. The second-order valence-electron chi connectivity index (χ2n) is 6.36. The molecule has 2 aliphatic rings. The smallest absolute Gasteiger partial charge is 0.407 e. The number of likely N-dealkylation sites (tertiary alicyclic amines) is 1. The van der Waals surface area contributed by atoms with Gasteiger partial charge in [-0.3, -0.25) is 0 Å². The minimum absolute atomic E-state index is 0.381. The highest BCUT2D eigenvalue weighted by molar-refractivity contribution is 5.65. The fraction of sp³-hybridized carbons (Fsp3) is 0.933. The SMILES string of the molecule is NCCCC1(C2CCCCC2)CCN(C(=O)O)CC1. The van der Waals surface area contributed by atoms with Crippen LogP contribution in [-0.2, 0) is 0 Å². The van der Waals surface area contributed by atoms with E-state index in [4.69, 9.17) is 10.8 Å². The van der Waals surface area contributed by atoms with Gasteiger partial charge in [0.15, 0.2) is 0 Å². The normalized spacial score (nSPS) is 24.4. The zero-order valence-electron chi connectivity index (χ0n) is 11.9. The van der Waals surface area contributed by atoms with Crippen LogP contribution in [0, 0.1) is 11.3 Å². The lowest BCUT2D eigenvalue weighted by atomic mass is 9.62. The first-order valence-electron chi connectivity index (χ1n) is 7.86. The molecule has 1 heterocycles. The van der Waals surface area contributed by atoms with E-state index < -0.39 is 6.09 Å². The molecule has 4 heteroatoms. The maximum Gasteiger partial charge on any atom is 0.407 e. The number of hydrogen-bond acceptors (Lipinski definition) is 2. The van der Waals surface area contributed by atoms with Crippen LogP contribution in [0.5, 0.6) is 0 Å². The van der Waals surface area contributed by atoms with Crippen LogP contribution in [0.3, 0.4) is 0 Å². The van der Waals surface area contributed by atoms with Gasteiger partial charge in [0.05, 0.1) is 0 Å². The highest BCUT2D eigenvalue weighted by Crippen LogP contribution is 2.48. The summed E-state index contributed by atoms with van der Waals surface area (Å²) in [5.74, 6) is 0.809. The van der Waals surface area contributed by atoms with Gasteiger partial charge in [0.2, 0.25) is 0 Å². The van der Waals surface area contributed by atoms with Crippen LogP contribution >= 0.6 is 0 Å². The Kier molecular flexibility index (Phi) is 5.08. The Hall–Kier alpha value is -0.770. The topological polar surface area (TPSA) is 66.6 Å². The molecule has 1 aliphatic carbocycles. The first-order chi connectivity index (χ1) is 9.18. The van der Waals surface area contributed by atoms with Crippen LogP contribution in [-0.4, -0.2) is 35.7 Å². The number of hydrogen-bond donors (Lipinski definition) is 2. The Labute approximate surface area is 116 Å². The summed E-state index contributed by atoms with van der Waals surface area (Å²) in [6, 6.07) is 0.